The van der Waals surface area contributed by atoms with Crippen molar-refractivity contribution in [2.75, 3.05) is 5.88 Å². The van der Waals surface area contributed by atoms with Gasteiger partial charge in [0.1, 0.15) is 22.8 Å². The number of hydrogen-bond donors (Lipinski definition) is 1. The Hall–Kier alpha value is -2.34. The molecule has 0 bridgehead atoms. The molecule has 0 aliphatic heterocycles. The quantitative estimate of drug-likeness (QED) is 0.392. The number of hydrogen-bond acceptors (Lipinski definition) is 5. The van der Waals surface area contributed by atoms with E-state index in [2.05, 4.69) is 0 Å². The van der Waals surface area contributed by atoms with Crippen molar-refractivity contribution in [3.05, 3.63) is 40.2 Å². The van der Waals surface area contributed by atoms with Gasteiger partial charge in [-0.2, -0.15) is 0 Å². The molecule has 1 amide bonds. The standard InChI is InChI=1S/C12H8ClNO5/c13-5-10(15)18-7-2-1-6-3-8(11(14)16)12(17)19-9(6)4-7/h1-4H,5H2,(H2,14,16). The van der Waals surface area contributed by atoms with E-state index in [0.29, 0.717) is 5.39 Å². The third-order valence-corrected chi connectivity index (χ3v) is 2.53. The largest absolute Gasteiger partial charge is 0.426 e. The zero-order valence-corrected chi connectivity index (χ0v) is 10.3. The Morgan fingerprint density at radius 2 is 2.05 bits per heavy atom. The second kappa shape index (κ2) is 5.11. The van der Waals surface area contributed by atoms with E-state index in [1.54, 1.807) is 0 Å². The summed E-state index contributed by atoms with van der Waals surface area (Å²) in [6.07, 6.45) is 0. The summed E-state index contributed by atoms with van der Waals surface area (Å²) in [6.45, 7) is 0. The van der Waals surface area contributed by atoms with E-state index in [1.807, 2.05) is 0 Å². The molecule has 0 atom stereocenters. The number of primary amides is 1. The van der Waals surface area contributed by atoms with E-state index >= 15 is 0 Å². The molecule has 0 saturated carbocycles. The Balaban J connectivity index is 2.50. The van der Waals surface area contributed by atoms with Gasteiger partial charge in [-0.1, -0.05) is 0 Å². The molecule has 2 N–H and O–H groups in total. The smallest absolute Gasteiger partial charge is 0.349 e. The summed E-state index contributed by atoms with van der Waals surface area (Å²) in [4.78, 5) is 33.5. The Labute approximate surface area is 111 Å². The van der Waals surface area contributed by atoms with Crippen LogP contribution in [0.5, 0.6) is 5.75 Å². The van der Waals surface area contributed by atoms with E-state index in [0.717, 1.165) is 0 Å². The number of alkyl halides is 1. The molecule has 1 aromatic carbocycles. The monoisotopic (exact) mass is 281 g/mol. The van der Waals surface area contributed by atoms with Crippen LogP contribution in [-0.4, -0.2) is 17.8 Å². The molecule has 6 nitrogen and oxygen atoms in total. The van der Waals surface area contributed by atoms with Crippen molar-refractivity contribution in [3.8, 4) is 5.75 Å². The number of nitrogens with two attached hydrogens (primary N) is 1. The van der Waals surface area contributed by atoms with Gasteiger partial charge in [0.2, 0.25) is 0 Å². The molecule has 7 heteroatoms. The molecule has 0 fully saturated rings. The third kappa shape index (κ3) is 2.74. The van der Waals surface area contributed by atoms with Gasteiger partial charge >= 0.3 is 11.6 Å². The van der Waals surface area contributed by atoms with Crippen molar-refractivity contribution in [2.24, 2.45) is 5.73 Å². The topological polar surface area (TPSA) is 99.6 Å². The van der Waals surface area contributed by atoms with E-state index < -0.39 is 17.5 Å². The lowest BCUT2D eigenvalue weighted by Gasteiger charge is -2.03. The number of halogens is 1. The summed E-state index contributed by atoms with van der Waals surface area (Å²) in [5, 5.41) is 0.485. The lowest BCUT2D eigenvalue weighted by Crippen LogP contribution is -2.20. The average molecular weight is 282 g/mol. The van der Waals surface area contributed by atoms with Crippen LogP contribution in [0.1, 0.15) is 10.4 Å². The van der Waals surface area contributed by atoms with Gasteiger partial charge in [0.15, 0.2) is 0 Å². The van der Waals surface area contributed by atoms with Crippen LogP contribution in [0.25, 0.3) is 11.0 Å². The molecule has 0 saturated heterocycles. The normalized spacial score (nSPS) is 10.4. The number of benzene rings is 1. The van der Waals surface area contributed by atoms with Crippen molar-refractivity contribution in [3.63, 3.8) is 0 Å². The highest BCUT2D eigenvalue weighted by atomic mass is 35.5. The van der Waals surface area contributed by atoms with E-state index in [-0.39, 0.29) is 22.8 Å². The molecule has 0 aliphatic rings. The van der Waals surface area contributed by atoms with Gasteiger partial charge in [-0.25, -0.2) is 4.79 Å². The number of esters is 1. The highest BCUT2D eigenvalue weighted by Crippen LogP contribution is 2.20. The number of rotatable bonds is 3. The van der Waals surface area contributed by atoms with E-state index in [9.17, 15) is 14.4 Å². The molecule has 2 rings (SSSR count). The Kier molecular flexibility index (Phi) is 3.52. The molecule has 98 valence electrons. The summed E-state index contributed by atoms with van der Waals surface area (Å²) >= 11 is 5.30. The highest BCUT2D eigenvalue weighted by Gasteiger charge is 2.11. The Morgan fingerprint density at radius 1 is 1.32 bits per heavy atom. The fourth-order valence-electron chi connectivity index (χ4n) is 1.49. The van der Waals surface area contributed by atoms with Crippen molar-refractivity contribution >= 4 is 34.4 Å². The maximum absolute atomic E-state index is 11.5. The molecule has 0 spiro atoms. The Bertz CT molecular complexity index is 722. The van der Waals surface area contributed by atoms with Crippen molar-refractivity contribution in [1.29, 1.82) is 0 Å². The average Bonchev–Trinajstić information content (AvgIpc) is 2.37. The van der Waals surface area contributed by atoms with Crippen LogP contribution in [0.3, 0.4) is 0 Å². The Morgan fingerprint density at radius 3 is 2.68 bits per heavy atom. The molecule has 19 heavy (non-hydrogen) atoms. The lowest BCUT2D eigenvalue weighted by molar-refractivity contribution is -0.131. The first-order valence-electron chi connectivity index (χ1n) is 5.15. The summed E-state index contributed by atoms with van der Waals surface area (Å²) in [5.41, 5.74) is 4.13. The summed E-state index contributed by atoms with van der Waals surface area (Å²) in [5.74, 6) is -1.60. The van der Waals surface area contributed by atoms with E-state index in [4.69, 9.17) is 26.5 Å². The van der Waals surface area contributed by atoms with Gasteiger partial charge in [0.05, 0.1) is 0 Å². The highest BCUT2D eigenvalue weighted by molar-refractivity contribution is 6.26. The molecule has 1 aromatic heterocycles. The van der Waals surface area contributed by atoms with Crippen molar-refractivity contribution in [1.82, 2.24) is 0 Å². The van der Waals surface area contributed by atoms with Crippen LogP contribution in [-0.2, 0) is 4.79 Å². The summed E-state index contributed by atoms with van der Waals surface area (Å²) < 4.78 is 9.79. The predicted molar refractivity (Wildman–Crippen MR) is 67.4 cm³/mol. The number of carbonyl (C=O) groups excluding carboxylic acids is 2. The maximum Gasteiger partial charge on any atom is 0.349 e. The first kappa shape index (κ1) is 13.1. The van der Waals surface area contributed by atoms with Gasteiger partial charge in [-0.15, -0.1) is 11.6 Å². The minimum absolute atomic E-state index is 0.176. The maximum atomic E-state index is 11.5. The minimum atomic E-state index is -0.867. The van der Waals surface area contributed by atoms with Crippen molar-refractivity contribution < 1.29 is 18.7 Å². The molecular formula is C12H8ClNO5. The van der Waals surface area contributed by atoms with Crippen LogP contribution >= 0.6 is 11.6 Å². The minimum Gasteiger partial charge on any atom is -0.426 e. The van der Waals surface area contributed by atoms with Crippen LogP contribution in [0.2, 0.25) is 0 Å². The first-order valence-corrected chi connectivity index (χ1v) is 5.69. The fraction of sp³-hybridized carbons (Fsp3) is 0.0833. The molecule has 0 radical (unpaired) electrons. The SMILES string of the molecule is NC(=O)c1cc2ccc(OC(=O)CCl)cc2oc1=O. The van der Waals surface area contributed by atoms with E-state index in [1.165, 1.54) is 24.3 Å². The molecule has 0 unspecified atom stereocenters. The van der Waals surface area contributed by atoms with Gasteiger partial charge in [0, 0.05) is 11.5 Å². The molecular weight excluding hydrogens is 274 g/mol. The van der Waals surface area contributed by atoms with Crippen LogP contribution in [0.4, 0.5) is 0 Å². The number of ether oxygens (including phenoxy) is 1. The second-order valence-electron chi connectivity index (χ2n) is 3.62. The van der Waals surface area contributed by atoms with Crippen LogP contribution in [0, 0.1) is 0 Å². The first-order chi connectivity index (χ1) is 9.01. The fourth-order valence-corrected chi connectivity index (χ4v) is 1.54. The van der Waals surface area contributed by atoms with Gasteiger partial charge in [-0.3, -0.25) is 9.59 Å². The lowest BCUT2D eigenvalue weighted by atomic mass is 10.2. The van der Waals surface area contributed by atoms with Crippen molar-refractivity contribution in [2.45, 2.75) is 0 Å². The summed E-state index contributed by atoms with van der Waals surface area (Å²) in [6, 6.07) is 5.68. The van der Waals surface area contributed by atoms with Gasteiger partial charge in [-0.05, 0) is 18.2 Å². The van der Waals surface area contributed by atoms with Gasteiger partial charge in [0.25, 0.3) is 5.91 Å². The number of carbonyl (C=O) groups is 2. The summed E-state index contributed by atoms with van der Waals surface area (Å²) in [7, 11) is 0. The zero-order chi connectivity index (χ0) is 14.0. The van der Waals surface area contributed by atoms with Gasteiger partial charge < -0.3 is 14.9 Å². The van der Waals surface area contributed by atoms with Crippen LogP contribution in [0.15, 0.2) is 33.5 Å². The molecule has 0 aliphatic carbocycles. The third-order valence-electron chi connectivity index (χ3n) is 2.31. The zero-order valence-electron chi connectivity index (χ0n) is 9.51. The second-order valence-corrected chi connectivity index (χ2v) is 3.89. The molecule has 2 aromatic rings. The number of fused-ring (bicyclic) bond motifs is 1. The molecule has 1 heterocycles. The van der Waals surface area contributed by atoms with Crippen LogP contribution < -0.4 is 16.1 Å². The predicted octanol–water partition coefficient (Wildman–Crippen LogP) is 1.04. The number of amides is 1.